The second kappa shape index (κ2) is 12.0. The highest BCUT2D eigenvalue weighted by Crippen LogP contribution is 2.21. The van der Waals surface area contributed by atoms with Crippen molar-refractivity contribution >= 4 is 16.9 Å². The number of aryl methyl sites for hydroxylation is 1. The SMILES string of the molecule is Cc1ccc2oc(=O)c(CC(Cc3cccc(OCCCN4CCCCC4)c3)C(=O)NO)cc2c1. The number of piperidine rings is 1. The number of hydrogen-bond acceptors (Lipinski definition) is 6. The Morgan fingerprint density at radius 2 is 1.94 bits per heavy atom. The third-order valence-electron chi connectivity index (χ3n) is 6.62. The van der Waals surface area contributed by atoms with Crippen molar-refractivity contribution in [2.45, 2.75) is 45.4 Å². The summed E-state index contributed by atoms with van der Waals surface area (Å²) in [5.41, 5.74) is 4.15. The predicted octanol–water partition coefficient (Wildman–Crippen LogP) is 4.26. The number of carbonyl (C=O) groups is 1. The van der Waals surface area contributed by atoms with E-state index in [2.05, 4.69) is 4.90 Å². The van der Waals surface area contributed by atoms with Crippen molar-refractivity contribution in [3.8, 4) is 5.75 Å². The van der Waals surface area contributed by atoms with Gasteiger partial charge in [0.1, 0.15) is 11.3 Å². The average Bonchev–Trinajstić information content (AvgIpc) is 2.87. The molecule has 4 rings (SSSR count). The van der Waals surface area contributed by atoms with E-state index in [-0.39, 0.29) is 6.42 Å². The second-order valence-electron chi connectivity index (χ2n) is 9.43. The maximum atomic E-state index is 12.5. The van der Waals surface area contributed by atoms with E-state index < -0.39 is 17.5 Å². The van der Waals surface area contributed by atoms with E-state index in [4.69, 9.17) is 9.15 Å². The van der Waals surface area contributed by atoms with Crippen LogP contribution < -0.4 is 15.8 Å². The number of carbonyl (C=O) groups excluding carboxylic acids is 1. The number of likely N-dealkylation sites (tertiary alicyclic amines) is 1. The Bertz CT molecular complexity index is 1200. The molecule has 1 aliphatic rings. The van der Waals surface area contributed by atoms with E-state index in [1.54, 1.807) is 17.6 Å². The highest BCUT2D eigenvalue weighted by atomic mass is 16.5. The first-order chi connectivity index (χ1) is 17.0. The molecule has 3 aromatic rings. The molecule has 0 aliphatic carbocycles. The van der Waals surface area contributed by atoms with E-state index in [1.807, 2.05) is 43.3 Å². The molecule has 2 aromatic carbocycles. The van der Waals surface area contributed by atoms with E-state index in [0.29, 0.717) is 24.2 Å². The molecule has 2 N–H and O–H groups in total. The predicted molar refractivity (Wildman–Crippen MR) is 135 cm³/mol. The number of nitrogens with zero attached hydrogens (tertiary/aromatic N) is 1. The summed E-state index contributed by atoms with van der Waals surface area (Å²) in [5, 5.41) is 10.1. The van der Waals surface area contributed by atoms with Crippen molar-refractivity contribution in [3.05, 3.63) is 75.6 Å². The molecule has 7 nitrogen and oxygen atoms in total. The zero-order valence-electron chi connectivity index (χ0n) is 20.3. The Morgan fingerprint density at radius 1 is 1.11 bits per heavy atom. The lowest BCUT2D eigenvalue weighted by atomic mass is 9.92. The van der Waals surface area contributed by atoms with Crippen LogP contribution in [-0.4, -0.2) is 42.3 Å². The zero-order chi connectivity index (χ0) is 24.6. The minimum atomic E-state index is -0.639. The monoisotopic (exact) mass is 478 g/mol. The number of rotatable bonds is 10. The molecule has 1 aliphatic heterocycles. The molecular weight excluding hydrogens is 444 g/mol. The van der Waals surface area contributed by atoms with Crippen LogP contribution in [0.15, 0.2) is 57.7 Å². The standard InChI is InChI=1S/C28H34N2O5/c1-20-9-10-26-22(15-20)18-24(28(32)35-26)19-23(27(31)29-33)16-21-7-5-8-25(17-21)34-14-6-13-30-11-3-2-4-12-30/h5,7-10,15,17-18,23,33H,2-4,6,11-14,16,19H2,1H3,(H,29,31). The summed E-state index contributed by atoms with van der Waals surface area (Å²) in [6.45, 7) is 6.01. The molecule has 7 heteroatoms. The summed E-state index contributed by atoms with van der Waals surface area (Å²) in [5.74, 6) is -0.425. The molecule has 0 radical (unpaired) electrons. The number of amides is 1. The van der Waals surface area contributed by atoms with Gasteiger partial charge in [-0.3, -0.25) is 10.0 Å². The lowest BCUT2D eigenvalue weighted by Gasteiger charge is -2.26. The van der Waals surface area contributed by atoms with E-state index in [9.17, 15) is 14.8 Å². The van der Waals surface area contributed by atoms with Gasteiger partial charge in [0.2, 0.25) is 5.91 Å². The largest absolute Gasteiger partial charge is 0.494 e. The molecule has 1 atom stereocenters. The van der Waals surface area contributed by atoms with Gasteiger partial charge in [0.05, 0.1) is 6.61 Å². The topological polar surface area (TPSA) is 92.0 Å². The maximum absolute atomic E-state index is 12.5. The van der Waals surface area contributed by atoms with E-state index >= 15 is 0 Å². The van der Waals surface area contributed by atoms with Crippen molar-refractivity contribution in [1.29, 1.82) is 0 Å². The molecular formula is C28H34N2O5. The molecule has 186 valence electrons. The first-order valence-electron chi connectivity index (χ1n) is 12.4. The molecule has 1 saturated heterocycles. The summed E-state index contributed by atoms with van der Waals surface area (Å²) < 4.78 is 11.4. The first-order valence-corrected chi connectivity index (χ1v) is 12.4. The van der Waals surface area contributed by atoms with Gasteiger partial charge in [0.15, 0.2) is 0 Å². The number of fused-ring (bicyclic) bond motifs is 1. The van der Waals surface area contributed by atoms with Gasteiger partial charge >= 0.3 is 5.63 Å². The number of hydroxylamine groups is 1. The highest BCUT2D eigenvalue weighted by Gasteiger charge is 2.22. The summed E-state index contributed by atoms with van der Waals surface area (Å²) >= 11 is 0. The molecule has 1 aromatic heterocycles. The van der Waals surface area contributed by atoms with Crippen LogP contribution in [-0.2, 0) is 17.6 Å². The fraction of sp³-hybridized carbons (Fsp3) is 0.429. The summed E-state index contributed by atoms with van der Waals surface area (Å²) in [4.78, 5) is 27.5. The van der Waals surface area contributed by atoms with Gasteiger partial charge in [-0.1, -0.05) is 30.2 Å². The molecule has 1 unspecified atom stereocenters. The average molecular weight is 479 g/mol. The molecule has 0 spiro atoms. The summed E-state index contributed by atoms with van der Waals surface area (Å²) in [6.07, 6.45) is 5.37. The Balaban J connectivity index is 1.40. The third-order valence-corrected chi connectivity index (χ3v) is 6.62. The minimum Gasteiger partial charge on any atom is -0.494 e. The Hall–Kier alpha value is -3.16. The van der Waals surface area contributed by atoms with Crippen LogP contribution in [0.1, 0.15) is 42.4 Å². The lowest BCUT2D eigenvalue weighted by molar-refractivity contribution is -0.133. The van der Waals surface area contributed by atoms with Crippen molar-refractivity contribution < 1.29 is 19.2 Å². The molecule has 2 heterocycles. The van der Waals surface area contributed by atoms with E-state index in [0.717, 1.165) is 35.2 Å². The van der Waals surface area contributed by atoms with Gasteiger partial charge in [-0.25, -0.2) is 10.3 Å². The Labute approximate surface area is 205 Å². The quantitative estimate of drug-likeness (QED) is 0.196. The van der Waals surface area contributed by atoms with Crippen molar-refractivity contribution in [3.63, 3.8) is 0 Å². The molecule has 0 bridgehead atoms. The van der Waals surface area contributed by atoms with Crippen molar-refractivity contribution in [1.82, 2.24) is 10.4 Å². The number of hydrogen-bond donors (Lipinski definition) is 2. The van der Waals surface area contributed by atoms with Crippen molar-refractivity contribution in [2.24, 2.45) is 5.92 Å². The van der Waals surface area contributed by atoms with Gasteiger partial charge in [0, 0.05) is 23.4 Å². The number of ether oxygens (including phenoxy) is 1. The smallest absolute Gasteiger partial charge is 0.339 e. The van der Waals surface area contributed by atoms with Gasteiger partial charge in [0.25, 0.3) is 0 Å². The van der Waals surface area contributed by atoms with Crippen LogP contribution >= 0.6 is 0 Å². The van der Waals surface area contributed by atoms with Crippen LogP contribution in [0.25, 0.3) is 11.0 Å². The normalized spacial score (nSPS) is 15.1. The fourth-order valence-electron chi connectivity index (χ4n) is 4.75. The minimum absolute atomic E-state index is 0.152. The van der Waals surface area contributed by atoms with Crippen molar-refractivity contribution in [2.75, 3.05) is 26.2 Å². The molecule has 0 saturated carbocycles. The summed E-state index contributed by atoms with van der Waals surface area (Å²) in [7, 11) is 0. The Kier molecular flexibility index (Phi) is 8.55. The van der Waals surface area contributed by atoms with Crippen LogP contribution in [0.4, 0.5) is 0 Å². The lowest BCUT2D eigenvalue weighted by Crippen LogP contribution is -2.32. The highest BCUT2D eigenvalue weighted by molar-refractivity contribution is 5.79. The van der Waals surface area contributed by atoms with Gasteiger partial charge < -0.3 is 14.1 Å². The van der Waals surface area contributed by atoms with Crippen LogP contribution in [0.2, 0.25) is 0 Å². The first kappa shape index (κ1) is 24.9. The molecule has 1 amide bonds. The number of benzene rings is 2. The maximum Gasteiger partial charge on any atom is 0.339 e. The summed E-state index contributed by atoms with van der Waals surface area (Å²) in [6, 6.07) is 15.0. The van der Waals surface area contributed by atoms with Gasteiger partial charge in [-0.05, 0) is 88.0 Å². The van der Waals surface area contributed by atoms with Crippen LogP contribution in [0.5, 0.6) is 5.75 Å². The van der Waals surface area contributed by atoms with Crippen LogP contribution in [0, 0.1) is 12.8 Å². The molecule has 35 heavy (non-hydrogen) atoms. The van der Waals surface area contributed by atoms with Crippen LogP contribution in [0.3, 0.4) is 0 Å². The zero-order valence-corrected chi connectivity index (χ0v) is 20.3. The molecule has 1 fully saturated rings. The number of nitrogens with one attached hydrogen (secondary N) is 1. The van der Waals surface area contributed by atoms with Gasteiger partial charge in [-0.15, -0.1) is 0 Å². The Morgan fingerprint density at radius 3 is 2.74 bits per heavy atom. The van der Waals surface area contributed by atoms with E-state index in [1.165, 1.54) is 32.4 Å². The third kappa shape index (κ3) is 6.93. The van der Waals surface area contributed by atoms with Gasteiger partial charge in [-0.2, -0.15) is 0 Å². The fourth-order valence-corrected chi connectivity index (χ4v) is 4.75. The second-order valence-corrected chi connectivity index (χ2v) is 9.43.